The third-order valence-electron chi connectivity index (χ3n) is 13.0. The molecule has 3 heterocycles. The number of nitrogens with one attached hydrogen (secondary N) is 7. The van der Waals surface area contributed by atoms with Crippen LogP contribution in [-0.2, 0) is 57.4 Å². The molecule has 0 bridgehead atoms. The van der Waals surface area contributed by atoms with E-state index in [1.165, 1.54) is 25.7 Å². The van der Waals surface area contributed by atoms with E-state index in [2.05, 4.69) is 37.2 Å². The molecule has 0 saturated carbocycles. The average Bonchev–Trinajstić information content (AvgIpc) is 4.04. The van der Waals surface area contributed by atoms with Crippen LogP contribution in [0.2, 0.25) is 0 Å². The van der Waals surface area contributed by atoms with Gasteiger partial charge >= 0.3 is 0 Å². The van der Waals surface area contributed by atoms with Crippen molar-refractivity contribution in [2.45, 2.75) is 178 Å². The lowest BCUT2D eigenvalue weighted by Gasteiger charge is -2.43. The molecule has 16 N–H and O–H groups in total. The van der Waals surface area contributed by atoms with Crippen LogP contribution in [-0.4, -0.2) is 235 Å². The molecule has 0 aromatic rings. The maximum absolute atomic E-state index is 14.4. The van der Waals surface area contributed by atoms with Gasteiger partial charge in [-0.05, 0) is 52.4 Å². The van der Waals surface area contributed by atoms with Crippen molar-refractivity contribution in [2.75, 3.05) is 32.9 Å². The van der Waals surface area contributed by atoms with Gasteiger partial charge in [-0.15, -0.1) is 0 Å². The Morgan fingerprint density at radius 1 is 0.658 bits per heavy atom. The highest BCUT2D eigenvalue weighted by Gasteiger charge is 2.48. The van der Waals surface area contributed by atoms with E-state index < -0.39 is 182 Å². The molecular weight excluding hydrogens is 973 g/mol. The molecule has 414 valence electrons. The van der Waals surface area contributed by atoms with Crippen LogP contribution in [0.25, 0.3) is 0 Å². The highest BCUT2D eigenvalue weighted by molar-refractivity contribution is 5.98. The SMILES string of the molecule is CC[C@H](C)[C@H](NC(=O)[C@@H]1CCCN1C(=O)[C@H](CO)NC(=O)[C@@H](NC(=O)[C@@H](NC(=O)[C@@H]1CCCN1C(C)=O)[C@@H](C)O)[C@@H](C)O[C@H]1O[C@H](CO)[C@H](O)[C@H](O)[C@H]1NC(C)=O)C(=O)N[C@@H](CO)C(=O)N[C@H](C(N)=O)[C@@H](C)O. The predicted molar refractivity (Wildman–Crippen MR) is 249 cm³/mol. The number of aliphatic hydroxyl groups excluding tert-OH is 7. The van der Waals surface area contributed by atoms with Gasteiger partial charge in [-0.2, -0.15) is 0 Å². The van der Waals surface area contributed by atoms with E-state index in [-0.39, 0.29) is 32.4 Å². The van der Waals surface area contributed by atoms with Crippen LogP contribution in [0.15, 0.2) is 0 Å². The Morgan fingerprint density at radius 2 is 1.15 bits per heavy atom. The van der Waals surface area contributed by atoms with Crippen LogP contribution in [0.1, 0.15) is 80.6 Å². The largest absolute Gasteiger partial charge is 0.394 e. The van der Waals surface area contributed by atoms with Crippen molar-refractivity contribution in [3.8, 4) is 0 Å². The van der Waals surface area contributed by atoms with E-state index in [4.69, 9.17) is 15.2 Å². The maximum atomic E-state index is 14.4. The van der Waals surface area contributed by atoms with Crippen molar-refractivity contribution in [1.82, 2.24) is 47.0 Å². The summed E-state index contributed by atoms with van der Waals surface area (Å²) in [6.07, 6.45) is -10.2. The summed E-state index contributed by atoms with van der Waals surface area (Å²) in [7, 11) is 0. The van der Waals surface area contributed by atoms with Gasteiger partial charge in [0.2, 0.25) is 59.1 Å². The molecule has 0 aliphatic carbocycles. The van der Waals surface area contributed by atoms with Gasteiger partial charge in [0.1, 0.15) is 72.7 Å². The Bertz CT molecular complexity index is 1980. The quantitative estimate of drug-likeness (QED) is 0.0404. The first-order chi connectivity index (χ1) is 34.2. The van der Waals surface area contributed by atoms with Crippen molar-refractivity contribution in [3.63, 3.8) is 0 Å². The number of carbonyl (C=O) groups is 10. The Morgan fingerprint density at radius 3 is 1.64 bits per heavy atom. The summed E-state index contributed by atoms with van der Waals surface area (Å²) < 4.78 is 11.6. The Balaban J connectivity index is 1.92. The van der Waals surface area contributed by atoms with Crippen molar-refractivity contribution >= 4 is 59.1 Å². The first-order valence-electron chi connectivity index (χ1n) is 24.1. The molecule has 0 unspecified atom stereocenters. The summed E-state index contributed by atoms with van der Waals surface area (Å²) in [5.74, 6) is -10.0. The lowest BCUT2D eigenvalue weighted by atomic mass is 9.96. The fourth-order valence-electron chi connectivity index (χ4n) is 8.63. The third kappa shape index (κ3) is 16.2. The van der Waals surface area contributed by atoms with Crippen LogP contribution in [0, 0.1) is 5.92 Å². The van der Waals surface area contributed by atoms with Crippen molar-refractivity contribution in [3.05, 3.63) is 0 Å². The van der Waals surface area contributed by atoms with Gasteiger partial charge in [0, 0.05) is 26.9 Å². The van der Waals surface area contributed by atoms with Crippen LogP contribution >= 0.6 is 0 Å². The maximum Gasteiger partial charge on any atom is 0.248 e. The molecule has 10 amide bonds. The minimum Gasteiger partial charge on any atom is -0.394 e. The summed E-state index contributed by atoms with van der Waals surface area (Å²) in [4.78, 5) is 135. The van der Waals surface area contributed by atoms with E-state index in [1.807, 2.05) is 0 Å². The second-order valence-corrected chi connectivity index (χ2v) is 18.5. The molecule has 0 aromatic carbocycles. The van der Waals surface area contributed by atoms with E-state index in [0.717, 1.165) is 18.7 Å². The first-order valence-corrected chi connectivity index (χ1v) is 24.1. The number of hydrogen-bond acceptors (Lipinski definition) is 19. The third-order valence-corrected chi connectivity index (χ3v) is 13.0. The molecule has 0 aromatic heterocycles. The number of likely N-dealkylation sites (tertiary alicyclic amines) is 2. The normalized spacial score (nSPS) is 26.0. The van der Waals surface area contributed by atoms with E-state index in [0.29, 0.717) is 12.8 Å². The van der Waals surface area contributed by atoms with Gasteiger partial charge in [-0.1, -0.05) is 20.3 Å². The fraction of sp³-hybridized carbons (Fsp3) is 0.773. The molecule has 29 nitrogen and oxygen atoms in total. The second kappa shape index (κ2) is 28.1. The van der Waals surface area contributed by atoms with Gasteiger partial charge in [0.05, 0.1) is 38.1 Å². The second-order valence-electron chi connectivity index (χ2n) is 18.5. The lowest BCUT2D eigenvalue weighted by Crippen LogP contribution is -2.67. The molecule has 73 heavy (non-hydrogen) atoms. The topological polar surface area (TPSA) is 447 Å². The van der Waals surface area contributed by atoms with Crippen LogP contribution in [0.3, 0.4) is 0 Å². The molecule has 0 spiro atoms. The van der Waals surface area contributed by atoms with Crippen LogP contribution in [0.5, 0.6) is 0 Å². The summed E-state index contributed by atoms with van der Waals surface area (Å²) in [5, 5.41) is 88.9. The van der Waals surface area contributed by atoms with E-state index >= 15 is 0 Å². The standard InChI is InChI=1S/C44H74N10O19/c1-8-18(2)29(40(68)47-24(15-55)37(65)50-30(19(3)58)36(45)64)49-39(67)27-12-10-14-54(27)43(71)25(16-56)48-42(70)32(21(5)72-44-33(46-22(6)60)35(63)34(62)28(17-57)73-44)52-41(69)31(20(4)59)51-38(66)26-11-9-13-53(26)23(7)61/h18-21,24-35,44,55-59,62-63H,8-17H2,1-7H3,(H2,45,64)(H,46,60)(H,47,68)(H,48,70)(H,49,67)(H,50,65)(H,51,66)(H,52,69)/t18-,19+,20+,21+,24-,25-,26-,27-,28+,29-,30-,31-,32-,33+,34-,35+,44-/m0/s1. The zero-order valence-electron chi connectivity index (χ0n) is 41.9. The summed E-state index contributed by atoms with van der Waals surface area (Å²) >= 11 is 0. The predicted octanol–water partition coefficient (Wildman–Crippen LogP) is -8.48. The van der Waals surface area contributed by atoms with E-state index in [1.54, 1.807) is 13.8 Å². The number of hydrogen-bond donors (Lipinski definition) is 15. The first kappa shape index (κ1) is 61.6. The Labute approximate surface area is 421 Å². The average molecular weight is 1050 g/mol. The highest BCUT2D eigenvalue weighted by atomic mass is 16.7. The van der Waals surface area contributed by atoms with Crippen molar-refractivity contribution in [1.29, 1.82) is 0 Å². The summed E-state index contributed by atoms with van der Waals surface area (Å²) in [5.41, 5.74) is 5.24. The van der Waals surface area contributed by atoms with Crippen LogP contribution in [0.4, 0.5) is 0 Å². The van der Waals surface area contributed by atoms with Crippen molar-refractivity contribution in [2.24, 2.45) is 11.7 Å². The highest BCUT2D eigenvalue weighted by Crippen LogP contribution is 2.25. The summed E-state index contributed by atoms with van der Waals surface area (Å²) in [6, 6.07) is -14.1. The zero-order valence-corrected chi connectivity index (χ0v) is 41.9. The smallest absolute Gasteiger partial charge is 0.248 e. The van der Waals surface area contributed by atoms with Gasteiger partial charge in [0.15, 0.2) is 6.29 Å². The number of ether oxygens (including phenoxy) is 2. The monoisotopic (exact) mass is 1050 g/mol. The van der Waals surface area contributed by atoms with Gasteiger partial charge in [-0.3, -0.25) is 47.9 Å². The fourth-order valence-corrected chi connectivity index (χ4v) is 8.63. The molecule has 3 rings (SSSR count). The Hall–Kier alpha value is -5.66. The van der Waals surface area contributed by atoms with Gasteiger partial charge in [0.25, 0.3) is 0 Å². The zero-order chi connectivity index (χ0) is 55.2. The molecule has 17 atom stereocenters. The number of amides is 10. The molecule has 3 saturated heterocycles. The Kier molecular flexibility index (Phi) is 23.8. The number of carbonyl (C=O) groups excluding carboxylic acids is 10. The number of aliphatic hydroxyl groups is 7. The number of primary amides is 1. The lowest BCUT2D eigenvalue weighted by molar-refractivity contribution is -0.281. The molecule has 29 heteroatoms. The van der Waals surface area contributed by atoms with Crippen molar-refractivity contribution < 1.29 is 93.2 Å². The molecule has 3 aliphatic heterocycles. The molecular formula is C44H74N10O19. The minimum absolute atomic E-state index is 0.0291. The van der Waals surface area contributed by atoms with Crippen LogP contribution < -0.4 is 43.0 Å². The van der Waals surface area contributed by atoms with E-state index in [9.17, 15) is 83.7 Å². The minimum atomic E-state index is -1.96. The molecule has 3 fully saturated rings. The number of rotatable bonds is 25. The molecule has 3 aliphatic rings. The molecule has 0 radical (unpaired) electrons. The summed E-state index contributed by atoms with van der Waals surface area (Å²) in [6.45, 7) is 6.38. The number of nitrogens with zero attached hydrogens (tertiary/aromatic N) is 2. The number of nitrogens with two attached hydrogens (primary N) is 1. The van der Waals surface area contributed by atoms with Gasteiger partial charge in [-0.25, -0.2) is 0 Å². The van der Waals surface area contributed by atoms with Gasteiger partial charge < -0.3 is 98.0 Å².